The summed E-state index contributed by atoms with van der Waals surface area (Å²) in [7, 11) is 0. The van der Waals surface area contributed by atoms with E-state index in [1.54, 1.807) is 6.08 Å². The second-order valence-corrected chi connectivity index (χ2v) is 6.77. The van der Waals surface area contributed by atoms with Gasteiger partial charge in [0, 0.05) is 24.7 Å². The van der Waals surface area contributed by atoms with Gasteiger partial charge in [-0.2, -0.15) is 0 Å². The summed E-state index contributed by atoms with van der Waals surface area (Å²) < 4.78 is 28.2. The molecule has 1 aromatic carbocycles. The van der Waals surface area contributed by atoms with Crippen LogP contribution in [0.3, 0.4) is 0 Å². The first-order valence-corrected chi connectivity index (χ1v) is 8.61. The van der Waals surface area contributed by atoms with Crippen LogP contribution in [0.1, 0.15) is 30.0 Å². The number of fused-ring (bicyclic) bond motifs is 1. The Balaban J connectivity index is 2.03. The van der Waals surface area contributed by atoms with Crippen molar-refractivity contribution in [3.05, 3.63) is 59.9 Å². The van der Waals surface area contributed by atoms with Crippen LogP contribution in [-0.4, -0.2) is 21.9 Å². The first-order chi connectivity index (χ1) is 12.3. The Labute approximate surface area is 152 Å². The van der Waals surface area contributed by atoms with Gasteiger partial charge < -0.3 is 5.32 Å². The summed E-state index contributed by atoms with van der Waals surface area (Å²) in [6.45, 7) is 9.09. The topological polar surface area (TPSA) is 29.3 Å². The number of benzene rings is 1. The second-order valence-electron chi connectivity index (χ2n) is 6.77. The van der Waals surface area contributed by atoms with Crippen LogP contribution in [0.5, 0.6) is 0 Å². The quantitative estimate of drug-likeness (QED) is 0.613. The Hall–Kier alpha value is -2.69. The summed E-state index contributed by atoms with van der Waals surface area (Å²) in [5.74, 6) is -2.70. The van der Waals surface area contributed by atoms with E-state index in [1.165, 1.54) is 11.1 Å². The Morgan fingerprint density at radius 3 is 2.65 bits per heavy atom. The van der Waals surface area contributed by atoms with E-state index in [9.17, 15) is 8.78 Å². The molecule has 0 spiro atoms. The molecule has 0 unspecified atom stereocenters. The normalized spacial score (nSPS) is 11.7. The lowest BCUT2D eigenvalue weighted by Crippen LogP contribution is -2.16. The molecule has 0 amide bonds. The summed E-state index contributed by atoms with van der Waals surface area (Å²) >= 11 is 0. The minimum atomic E-state index is -2.70. The Morgan fingerprint density at radius 1 is 1.23 bits per heavy atom. The molecule has 26 heavy (non-hydrogen) atoms. The maximum Gasteiger partial charge on any atom is 0.247 e. The Bertz CT molecular complexity index is 952. The molecule has 3 rings (SSSR count). The first-order valence-electron chi connectivity index (χ1n) is 8.61. The summed E-state index contributed by atoms with van der Waals surface area (Å²) in [5, 5.41) is 3.09. The number of rotatable bonds is 6. The van der Waals surface area contributed by atoms with E-state index < -0.39 is 5.92 Å². The third-order valence-electron chi connectivity index (χ3n) is 4.54. The van der Waals surface area contributed by atoms with Gasteiger partial charge in [0.25, 0.3) is 0 Å². The number of aryl methyl sites for hydroxylation is 2. The third-order valence-corrected chi connectivity index (χ3v) is 4.54. The van der Waals surface area contributed by atoms with E-state index in [1.807, 2.05) is 22.9 Å². The highest BCUT2D eigenvalue weighted by atomic mass is 19.3. The highest BCUT2D eigenvalue weighted by molar-refractivity contribution is 5.76. The zero-order valence-corrected chi connectivity index (χ0v) is 15.3. The maximum atomic E-state index is 13.1. The van der Waals surface area contributed by atoms with Crippen LogP contribution in [-0.2, 0) is 0 Å². The second kappa shape index (κ2) is 6.90. The van der Waals surface area contributed by atoms with Crippen molar-refractivity contribution < 1.29 is 8.78 Å². The number of aromatic nitrogens is 2. The number of halogens is 2. The molecule has 0 aliphatic heterocycles. The molecule has 3 nitrogen and oxygen atoms in total. The van der Waals surface area contributed by atoms with E-state index in [4.69, 9.17) is 0 Å². The lowest BCUT2D eigenvalue weighted by molar-refractivity contribution is 0.0167. The molecule has 2 aromatic heterocycles. The van der Waals surface area contributed by atoms with Crippen molar-refractivity contribution in [2.45, 2.75) is 33.1 Å². The minimum absolute atomic E-state index is 0.172. The van der Waals surface area contributed by atoms with Crippen LogP contribution >= 0.6 is 0 Å². The standard InChI is InChI=1S/C21H23F2N3/c1-5-16-11-18(24-9-8-21(4,22)23)20-25-12-19(26(20)13-16)17-7-6-14(2)15(3)10-17/h5-7,10-13,24H,1,8-9H2,2-4H3. The highest BCUT2D eigenvalue weighted by Gasteiger charge is 2.20. The molecule has 0 bridgehead atoms. The van der Waals surface area contributed by atoms with E-state index in [2.05, 4.69) is 48.9 Å². The summed E-state index contributed by atoms with van der Waals surface area (Å²) in [4.78, 5) is 4.52. The van der Waals surface area contributed by atoms with Gasteiger partial charge in [-0.05, 0) is 49.6 Å². The Morgan fingerprint density at radius 2 is 2.00 bits per heavy atom. The number of imidazole rings is 1. The van der Waals surface area contributed by atoms with E-state index in [-0.39, 0.29) is 13.0 Å². The molecule has 0 radical (unpaired) electrons. The molecule has 1 N–H and O–H groups in total. The minimum Gasteiger partial charge on any atom is -0.382 e. The smallest absolute Gasteiger partial charge is 0.247 e. The third kappa shape index (κ3) is 3.77. The molecule has 0 aliphatic carbocycles. The number of nitrogens with one attached hydrogen (secondary N) is 1. The molecular formula is C21H23F2N3. The van der Waals surface area contributed by atoms with Gasteiger partial charge in [0.1, 0.15) is 0 Å². The number of hydrogen-bond donors (Lipinski definition) is 1. The fraction of sp³-hybridized carbons (Fsp3) is 0.286. The van der Waals surface area contributed by atoms with Gasteiger partial charge in [0.05, 0.1) is 17.6 Å². The van der Waals surface area contributed by atoms with E-state index in [0.29, 0.717) is 5.65 Å². The van der Waals surface area contributed by atoms with Crippen LogP contribution in [0.4, 0.5) is 14.5 Å². The van der Waals surface area contributed by atoms with Crippen LogP contribution < -0.4 is 5.32 Å². The molecule has 0 saturated carbocycles. The molecule has 0 aliphatic rings. The van der Waals surface area contributed by atoms with E-state index in [0.717, 1.165) is 29.4 Å². The zero-order valence-electron chi connectivity index (χ0n) is 15.3. The van der Waals surface area contributed by atoms with Gasteiger partial charge in [-0.3, -0.25) is 4.40 Å². The van der Waals surface area contributed by atoms with Crippen molar-refractivity contribution >= 4 is 17.4 Å². The summed E-state index contributed by atoms with van der Waals surface area (Å²) in [6, 6.07) is 8.17. The van der Waals surface area contributed by atoms with Crippen molar-refractivity contribution in [3.63, 3.8) is 0 Å². The van der Waals surface area contributed by atoms with E-state index >= 15 is 0 Å². The van der Waals surface area contributed by atoms with Gasteiger partial charge >= 0.3 is 0 Å². The number of nitrogens with zero attached hydrogens (tertiary/aromatic N) is 2. The van der Waals surface area contributed by atoms with Gasteiger partial charge in [0.15, 0.2) is 5.65 Å². The van der Waals surface area contributed by atoms with Crippen LogP contribution in [0.25, 0.3) is 23.0 Å². The fourth-order valence-electron chi connectivity index (χ4n) is 2.88. The lowest BCUT2D eigenvalue weighted by Gasteiger charge is -2.13. The molecule has 2 heterocycles. The van der Waals surface area contributed by atoms with Crippen LogP contribution in [0.2, 0.25) is 0 Å². The largest absolute Gasteiger partial charge is 0.382 e. The van der Waals surface area contributed by atoms with Gasteiger partial charge in [-0.15, -0.1) is 0 Å². The highest BCUT2D eigenvalue weighted by Crippen LogP contribution is 2.28. The SMILES string of the molecule is C=Cc1cc(NCCC(C)(F)F)c2ncc(-c3ccc(C)c(C)c3)n2c1. The summed E-state index contributed by atoms with van der Waals surface area (Å²) in [6.07, 6.45) is 5.27. The van der Waals surface area contributed by atoms with Crippen LogP contribution in [0.15, 0.2) is 43.2 Å². The number of pyridine rings is 1. The van der Waals surface area contributed by atoms with Crippen molar-refractivity contribution in [2.24, 2.45) is 0 Å². The molecule has 0 fully saturated rings. The van der Waals surface area contributed by atoms with Crippen LogP contribution in [0, 0.1) is 13.8 Å². The lowest BCUT2D eigenvalue weighted by atomic mass is 10.0. The van der Waals surface area contributed by atoms with Crippen molar-refractivity contribution in [1.82, 2.24) is 9.38 Å². The van der Waals surface area contributed by atoms with Crippen molar-refractivity contribution in [2.75, 3.05) is 11.9 Å². The van der Waals surface area contributed by atoms with Gasteiger partial charge in [0.2, 0.25) is 5.92 Å². The fourth-order valence-corrected chi connectivity index (χ4v) is 2.88. The molecular weight excluding hydrogens is 332 g/mol. The molecule has 0 saturated heterocycles. The predicted octanol–water partition coefficient (Wildman–Crippen LogP) is 5.72. The molecule has 3 aromatic rings. The van der Waals surface area contributed by atoms with Crippen molar-refractivity contribution in [1.29, 1.82) is 0 Å². The Kier molecular flexibility index (Phi) is 4.81. The number of alkyl halides is 2. The predicted molar refractivity (Wildman–Crippen MR) is 104 cm³/mol. The number of hydrogen-bond acceptors (Lipinski definition) is 2. The first kappa shape index (κ1) is 18.1. The summed E-state index contributed by atoms with van der Waals surface area (Å²) in [5.41, 5.74) is 6.79. The zero-order chi connectivity index (χ0) is 18.9. The molecule has 136 valence electrons. The molecule has 0 atom stereocenters. The van der Waals surface area contributed by atoms with Gasteiger partial charge in [-0.1, -0.05) is 24.8 Å². The maximum absolute atomic E-state index is 13.1. The number of anilines is 1. The molecule has 5 heteroatoms. The van der Waals surface area contributed by atoms with Crippen molar-refractivity contribution in [3.8, 4) is 11.3 Å². The van der Waals surface area contributed by atoms with Gasteiger partial charge in [-0.25, -0.2) is 13.8 Å². The average molecular weight is 355 g/mol. The monoisotopic (exact) mass is 355 g/mol. The average Bonchev–Trinajstić information content (AvgIpc) is 3.00.